The lowest BCUT2D eigenvalue weighted by atomic mass is 9.99. The van der Waals surface area contributed by atoms with Gasteiger partial charge in [-0.3, -0.25) is 4.79 Å². The Balaban J connectivity index is 1.57. The van der Waals surface area contributed by atoms with E-state index in [1.165, 1.54) is 37.7 Å². The van der Waals surface area contributed by atoms with Gasteiger partial charge >= 0.3 is 0 Å². The van der Waals surface area contributed by atoms with Crippen molar-refractivity contribution >= 4 is 0 Å². The zero-order chi connectivity index (χ0) is 12.5. The van der Waals surface area contributed by atoms with E-state index in [0.717, 1.165) is 5.92 Å². The van der Waals surface area contributed by atoms with Crippen LogP contribution in [0.25, 0.3) is 0 Å². The van der Waals surface area contributed by atoms with Crippen LogP contribution >= 0.6 is 0 Å². The molecule has 0 aromatic carbocycles. The van der Waals surface area contributed by atoms with Crippen LogP contribution in [0.2, 0.25) is 0 Å². The minimum Gasteiger partial charge on any atom is -0.329 e. The van der Waals surface area contributed by atoms with Crippen molar-refractivity contribution < 1.29 is 0 Å². The summed E-state index contributed by atoms with van der Waals surface area (Å²) in [5.41, 5.74) is 1.28. The topological polar surface area (TPSA) is 44.9 Å². The van der Waals surface area contributed by atoms with Crippen LogP contribution in [0, 0.1) is 5.92 Å². The average Bonchev–Trinajstić information content (AvgIpc) is 3.12. The predicted molar refractivity (Wildman–Crippen MR) is 72.8 cm³/mol. The molecule has 1 heterocycles. The molecule has 3 atom stereocenters. The van der Waals surface area contributed by atoms with Gasteiger partial charge in [-0.2, -0.15) is 0 Å². The molecule has 1 aromatic heterocycles. The van der Waals surface area contributed by atoms with Crippen molar-refractivity contribution in [2.45, 2.75) is 57.0 Å². The van der Waals surface area contributed by atoms with Crippen molar-refractivity contribution in [3.8, 4) is 0 Å². The first-order valence-corrected chi connectivity index (χ1v) is 7.17. The minimum absolute atomic E-state index is 0.00576. The molecule has 2 aliphatic rings. The zero-order valence-corrected chi connectivity index (χ0v) is 11.0. The molecule has 1 aromatic rings. The number of nitrogens with one attached hydrogen (secondary N) is 2. The highest BCUT2D eigenvalue weighted by Gasteiger charge is 2.32. The van der Waals surface area contributed by atoms with Crippen molar-refractivity contribution in [2.75, 3.05) is 0 Å². The predicted octanol–water partition coefficient (Wildman–Crippen LogP) is 2.40. The molecule has 1 unspecified atom stereocenters. The maximum atomic E-state index is 11.1. The molecule has 2 saturated carbocycles. The Morgan fingerprint density at radius 2 is 2.11 bits per heavy atom. The molecule has 0 aliphatic heterocycles. The lowest BCUT2D eigenvalue weighted by molar-refractivity contribution is 0.416. The molecular weight excluding hydrogens is 224 g/mol. The third-order valence-electron chi connectivity index (χ3n) is 4.54. The fraction of sp³-hybridized carbons (Fsp3) is 0.667. The quantitative estimate of drug-likeness (QED) is 0.857. The van der Waals surface area contributed by atoms with E-state index in [-0.39, 0.29) is 5.56 Å². The van der Waals surface area contributed by atoms with E-state index < -0.39 is 0 Å². The Hall–Kier alpha value is -1.09. The summed E-state index contributed by atoms with van der Waals surface area (Å²) >= 11 is 0. The third-order valence-corrected chi connectivity index (χ3v) is 4.54. The Morgan fingerprint density at radius 3 is 2.78 bits per heavy atom. The van der Waals surface area contributed by atoms with Crippen LogP contribution in [0.5, 0.6) is 0 Å². The number of hydrogen-bond acceptors (Lipinski definition) is 2. The number of aromatic nitrogens is 1. The summed E-state index contributed by atoms with van der Waals surface area (Å²) < 4.78 is 0. The second kappa shape index (κ2) is 4.88. The smallest absolute Gasteiger partial charge is 0.247 e. The van der Waals surface area contributed by atoms with E-state index in [2.05, 4.69) is 17.2 Å². The average molecular weight is 246 g/mol. The van der Waals surface area contributed by atoms with Crippen molar-refractivity contribution in [2.24, 2.45) is 5.92 Å². The number of rotatable bonds is 4. The van der Waals surface area contributed by atoms with Gasteiger partial charge in [0.25, 0.3) is 0 Å². The fourth-order valence-corrected chi connectivity index (χ4v) is 3.22. The summed E-state index contributed by atoms with van der Waals surface area (Å²) in [6.07, 6.45) is 8.42. The van der Waals surface area contributed by atoms with Crippen LogP contribution in [-0.2, 0) is 0 Å². The fourth-order valence-electron chi connectivity index (χ4n) is 3.22. The minimum atomic E-state index is -0.00576. The first kappa shape index (κ1) is 12.0. The van der Waals surface area contributed by atoms with Gasteiger partial charge in [0.05, 0.1) is 0 Å². The van der Waals surface area contributed by atoms with E-state index in [9.17, 15) is 4.79 Å². The van der Waals surface area contributed by atoms with Gasteiger partial charge in [0.15, 0.2) is 0 Å². The number of hydrogen-bond donors (Lipinski definition) is 2. The maximum absolute atomic E-state index is 11.1. The summed E-state index contributed by atoms with van der Waals surface area (Å²) in [5, 5.41) is 3.78. The summed E-state index contributed by atoms with van der Waals surface area (Å²) in [7, 11) is 0. The van der Waals surface area contributed by atoms with Crippen molar-refractivity contribution in [3.63, 3.8) is 0 Å². The Labute approximate surface area is 108 Å². The molecule has 2 aliphatic carbocycles. The lowest BCUT2D eigenvalue weighted by Crippen LogP contribution is -2.36. The van der Waals surface area contributed by atoms with Gasteiger partial charge in [-0.15, -0.1) is 0 Å². The van der Waals surface area contributed by atoms with Crippen molar-refractivity contribution in [1.82, 2.24) is 10.3 Å². The van der Waals surface area contributed by atoms with Gasteiger partial charge in [-0.1, -0.05) is 6.07 Å². The number of pyridine rings is 1. The van der Waals surface area contributed by atoms with Gasteiger partial charge in [-0.25, -0.2) is 0 Å². The highest BCUT2D eigenvalue weighted by atomic mass is 16.1. The van der Waals surface area contributed by atoms with E-state index in [1.807, 2.05) is 12.3 Å². The van der Waals surface area contributed by atoms with Crippen LogP contribution in [0.15, 0.2) is 23.1 Å². The second-order valence-electron chi connectivity index (χ2n) is 5.99. The number of H-pyrrole nitrogens is 1. The summed E-state index contributed by atoms with van der Waals surface area (Å²) in [4.78, 5) is 13.8. The highest BCUT2D eigenvalue weighted by molar-refractivity contribution is 5.17. The molecule has 3 nitrogen and oxygen atoms in total. The molecule has 2 N–H and O–H groups in total. The summed E-state index contributed by atoms with van der Waals surface area (Å²) in [6.45, 7) is 2.32. The standard InChI is InChI=1S/C15H22N2O/c1-10(11-2-3-11)17-14-6-4-12(8-14)13-5-7-15(18)16-9-13/h5,7,9-12,14,17H,2-4,6,8H2,1H3,(H,16,18)/t10-,12?,14+/m1/s1. The van der Waals surface area contributed by atoms with Crippen molar-refractivity contribution in [3.05, 3.63) is 34.2 Å². The lowest BCUT2D eigenvalue weighted by Gasteiger charge is -2.19. The van der Waals surface area contributed by atoms with Crippen LogP contribution in [0.4, 0.5) is 0 Å². The monoisotopic (exact) mass is 246 g/mol. The first-order valence-electron chi connectivity index (χ1n) is 7.17. The Morgan fingerprint density at radius 1 is 1.28 bits per heavy atom. The molecule has 0 radical (unpaired) electrons. The van der Waals surface area contributed by atoms with E-state index in [4.69, 9.17) is 0 Å². The van der Waals surface area contributed by atoms with Gasteiger partial charge in [0.1, 0.15) is 0 Å². The summed E-state index contributed by atoms with van der Waals surface area (Å²) in [6, 6.07) is 4.97. The third kappa shape index (κ3) is 2.66. The van der Waals surface area contributed by atoms with Crippen LogP contribution in [0.3, 0.4) is 0 Å². The molecule has 18 heavy (non-hydrogen) atoms. The van der Waals surface area contributed by atoms with Crippen LogP contribution in [0.1, 0.15) is 50.5 Å². The van der Waals surface area contributed by atoms with Gasteiger partial charge < -0.3 is 10.3 Å². The molecule has 2 fully saturated rings. The number of aromatic amines is 1. The second-order valence-corrected chi connectivity index (χ2v) is 5.99. The van der Waals surface area contributed by atoms with Gasteiger partial charge in [0.2, 0.25) is 5.56 Å². The zero-order valence-electron chi connectivity index (χ0n) is 11.0. The largest absolute Gasteiger partial charge is 0.329 e. The van der Waals surface area contributed by atoms with Crippen molar-refractivity contribution in [1.29, 1.82) is 0 Å². The molecule has 98 valence electrons. The normalized spacial score (nSPS) is 29.4. The van der Waals surface area contributed by atoms with Crippen LogP contribution < -0.4 is 10.9 Å². The van der Waals surface area contributed by atoms with E-state index >= 15 is 0 Å². The SMILES string of the molecule is C[C@@H](N[C@H]1CCC(c2ccc(=O)[nH]c2)C1)C1CC1. The van der Waals surface area contributed by atoms with E-state index in [1.54, 1.807) is 6.07 Å². The van der Waals surface area contributed by atoms with Gasteiger partial charge in [-0.05, 0) is 56.4 Å². The molecule has 3 heteroatoms. The maximum Gasteiger partial charge on any atom is 0.247 e. The Kier molecular flexibility index (Phi) is 3.25. The molecule has 0 spiro atoms. The molecule has 3 rings (SSSR count). The van der Waals surface area contributed by atoms with Gasteiger partial charge in [0, 0.05) is 24.3 Å². The molecular formula is C15H22N2O. The molecule has 0 bridgehead atoms. The van der Waals surface area contributed by atoms with Crippen LogP contribution in [-0.4, -0.2) is 17.1 Å². The highest BCUT2D eigenvalue weighted by Crippen LogP contribution is 2.37. The molecule has 0 saturated heterocycles. The van der Waals surface area contributed by atoms with E-state index in [0.29, 0.717) is 18.0 Å². The molecule has 0 amide bonds. The summed E-state index contributed by atoms with van der Waals surface area (Å²) in [5.74, 6) is 1.54. The first-order chi connectivity index (χ1) is 8.72. The Bertz CT molecular complexity index is 443.